The van der Waals surface area contributed by atoms with E-state index in [-0.39, 0.29) is 5.56 Å². The summed E-state index contributed by atoms with van der Waals surface area (Å²) in [6.45, 7) is 0. The van der Waals surface area contributed by atoms with Crippen molar-refractivity contribution in [2.75, 3.05) is 14.2 Å². The molecule has 0 saturated heterocycles. The molecule has 1 N–H and O–H groups in total. The number of rotatable bonds is 5. The molecule has 0 unspecified atom stereocenters. The van der Waals surface area contributed by atoms with Crippen molar-refractivity contribution in [3.63, 3.8) is 0 Å². The zero-order chi connectivity index (χ0) is 15.9. The Labute approximate surface area is 127 Å². The topological polar surface area (TPSA) is 59.9 Å². The number of hydrazone groups is 1. The molecule has 0 fully saturated rings. The van der Waals surface area contributed by atoms with Crippen LogP contribution in [0.2, 0.25) is 0 Å². The predicted molar refractivity (Wildman–Crippen MR) is 81.0 cm³/mol. The molecule has 6 heteroatoms. The van der Waals surface area contributed by atoms with Gasteiger partial charge in [0.25, 0.3) is 5.91 Å². The maximum atomic E-state index is 13.5. The standard InChI is InChI=1S/C16H15FN2O3/c1-21-14-9-5-6-11(15(14)22-2)10-18-19-16(20)12-7-3-4-8-13(12)17/h3-10H,1-2H3,(H,19,20). The normalized spacial score (nSPS) is 10.5. The first-order valence-corrected chi connectivity index (χ1v) is 6.46. The average Bonchev–Trinajstić information content (AvgIpc) is 2.54. The Morgan fingerprint density at radius 3 is 2.59 bits per heavy atom. The molecular weight excluding hydrogens is 287 g/mol. The molecule has 22 heavy (non-hydrogen) atoms. The van der Waals surface area contributed by atoms with Crippen molar-refractivity contribution in [2.24, 2.45) is 5.10 Å². The first-order chi connectivity index (χ1) is 10.7. The minimum absolute atomic E-state index is 0.0720. The Kier molecular flexibility index (Phi) is 5.08. The summed E-state index contributed by atoms with van der Waals surface area (Å²) in [5.41, 5.74) is 2.82. The summed E-state index contributed by atoms with van der Waals surface area (Å²) >= 11 is 0. The van der Waals surface area contributed by atoms with E-state index in [2.05, 4.69) is 10.5 Å². The highest BCUT2D eigenvalue weighted by Crippen LogP contribution is 2.29. The zero-order valence-corrected chi connectivity index (χ0v) is 12.2. The highest BCUT2D eigenvalue weighted by molar-refractivity contribution is 5.95. The Morgan fingerprint density at radius 1 is 1.14 bits per heavy atom. The molecule has 2 aromatic rings. The van der Waals surface area contributed by atoms with E-state index >= 15 is 0 Å². The van der Waals surface area contributed by atoms with Crippen LogP contribution in [-0.2, 0) is 0 Å². The minimum Gasteiger partial charge on any atom is -0.493 e. The second-order valence-corrected chi connectivity index (χ2v) is 4.26. The number of carbonyl (C=O) groups excluding carboxylic acids is 1. The molecule has 0 heterocycles. The fourth-order valence-corrected chi connectivity index (χ4v) is 1.88. The molecule has 5 nitrogen and oxygen atoms in total. The number of hydrogen-bond donors (Lipinski definition) is 1. The molecule has 114 valence electrons. The maximum Gasteiger partial charge on any atom is 0.274 e. The van der Waals surface area contributed by atoms with Crippen molar-refractivity contribution in [1.29, 1.82) is 0 Å². The summed E-state index contributed by atoms with van der Waals surface area (Å²) in [5, 5.41) is 3.82. The highest BCUT2D eigenvalue weighted by Gasteiger charge is 2.10. The minimum atomic E-state index is -0.629. The third-order valence-electron chi connectivity index (χ3n) is 2.92. The van der Waals surface area contributed by atoms with Crippen LogP contribution < -0.4 is 14.9 Å². The van der Waals surface area contributed by atoms with E-state index in [4.69, 9.17) is 9.47 Å². The van der Waals surface area contributed by atoms with Gasteiger partial charge in [0.15, 0.2) is 11.5 Å². The van der Waals surface area contributed by atoms with Gasteiger partial charge in [-0.2, -0.15) is 5.10 Å². The van der Waals surface area contributed by atoms with E-state index in [9.17, 15) is 9.18 Å². The third-order valence-corrected chi connectivity index (χ3v) is 2.92. The van der Waals surface area contributed by atoms with E-state index in [1.807, 2.05) is 0 Å². The van der Waals surface area contributed by atoms with Gasteiger partial charge in [-0.1, -0.05) is 18.2 Å². The molecule has 0 aliphatic carbocycles. The number of amides is 1. The number of halogens is 1. The van der Waals surface area contributed by atoms with Crippen LogP contribution in [0.4, 0.5) is 4.39 Å². The molecule has 2 aromatic carbocycles. The number of methoxy groups -OCH3 is 2. The molecule has 0 spiro atoms. The first-order valence-electron chi connectivity index (χ1n) is 6.46. The zero-order valence-electron chi connectivity index (χ0n) is 12.2. The molecule has 0 aliphatic heterocycles. The Hall–Kier alpha value is -2.89. The smallest absolute Gasteiger partial charge is 0.274 e. The van der Waals surface area contributed by atoms with Crippen molar-refractivity contribution in [2.45, 2.75) is 0 Å². The molecule has 0 aliphatic rings. The van der Waals surface area contributed by atoms with Crippen LogP contribution in [0.25, 0.3) is 0 Å². The number of hydrogen-bond acceptors (Lipinski definition) is 4. The van der Waals surface area contributed by atoms with Gasteiger partial charge in [0.05, 0.1) is 26.0 Å². The predicted octanol–water partition coefficient (Wildman–Crippen LogP) is 2.61. The quantitative estimate of drug-likeness (QED) is 0.682. The number of nitrogens with zero attached hydrogens (tertiary/aromatic N) is 1. The molecule has 0 atom stereocenters. The van der Waals surface area contributed by atoms with Gasteiger partial charge in [-0.15, -0.1) is 0 Å². The molecule has 1 amide bonds. The first kappa shape index (κ1) is 15.5. The van der Waals surface area contributed by atoms with Gasteiger partial charge >= 0.3 is 0 Å². The molecular formula is C16H15FN2O3. The summed E-state index contributed by atoms with van der Waals surface area (Å²) in [5.74, 6) is -0.189. The second kappa shape index (κ2) is 7.21. The fraction of sp³-hybridized carbons (Fsp3) is 0.125. The van der Waals surface area contributed by atoms with Crippen LogP contribution in [0.1, 0.15) is 15.9 Å². The lowest BCUT2D eigenvalue weighted by Gasteiger charge is -2.09. The Balaban J connectivity index is 2.13. The lowest BCUT2D eigenvalue weighted by atomic mass is 10.2. The van der Waals surface area contributed by atoms with Gasteiger partial charge in [0.2, 0.25) is 0 Å². The van der Waals surface area contributed by atoms with Gasteiger partial charge < -0.3 is 9.47 Å². The number of ether oxygens (including phenoxy) is 2. The maximum absolute atomic E-state index is 13.5. The molecule has 0 bridgehead atoms. The third kappa shape index (κ3) is 3.41. The molecule has 0 saturated carbocycles. The van der Waals surface area contributed by atoms with Crippen molar-refractivity contribution in [1.82, 2.24) is 5.43 Å². The summed E-state index contributed by atoms with van der Waals surface area (Å²) in [6, 6.07) is 10.9. The van der Waals surface area contributed by atoms with Crippen LogP contribution in [0, 0.1) is 5.82 Å². The number of nitrogens with one attached hydrogen (secondary N) is 1. The lowest BCUT2D eigenvalue weighted by Crippen LogP contribution is -2.19. The van der Waals surface area contributed by atoms with Crippen LogP contribution in [0.15, 0.2) is 47.6 Å². The Morgan fingerprint density at radius 2 is 1.91 bits per heavy atom. The molecule has 2 rings (SSSR count). The average molecular weight is 302 g/mol. The van der Waals surface area contributed by atoms with E-state index < -0.39 is 11.7 Å². The van der Waals surface area contributed by atoms with Crippen molar-refractivity contribution < 1.29 is 18.7 Å². The van der Waals surface area contributed by atoms with Crippen molar-refractivity contribution in [3.8, 4) is 11.5 Å². The van der Waals surface area contributed by atoms with Crippen LogP contribution in [0.3, 0.4) is 0 Å². The van der Waals surface area contributed by atoms with Gasteiger partial charge in [0.1, 0.15) is 5.82 Å². The van der Waals surface area contributed by atoms with E-state index in [0.717, 1.165) is 0 Å². The van der Waals surface area contributed by atoms with E-state index in [1.54, 1.807) is 24.3 Å². The summed E-state index contributed by atoms with van der Waals surface area (Å²) in [6.07, 6.45) is 1.40. The van der Waals surface area contributed by atoms with Crippen LogP contribution in [0.5, 0.6) is 11.5 Å². The van der Waals surface area contributed by atoms with Gasteiger partial charge in [0, 0.05) is 5.56 Å². The van der Waals surface area contributed by atoms with E-state index in [1.165, 1.54) is 38.6 Å². The number of benzene rings is 2. The number of para-hydroxylation sites is 1. The molecule has 0 aromatic heterocycles. The van der Waals surface area contributed by atoms with Gasteiger partial charge in [-0.25, -0.2) is 9.82 Å². The molecule has 0 radical (unpaired) electrons. The van der Waals surface area contributed by atoms with Crippen LogP contribution >= 0.6 is 0 Å². The second-order valence-electron chi connectivity index (χ2n) is 4.26. The monoisotopic (exact) mass is 302 g/mol. The van der Waals surface area contributed by atoms with Crippen molar-refractivity contribution >= 4 is 12.1 Å². The summed E-state index contributed by atoms with van der Waals surface area (Å²) in [7, 11) is 3.03. The number of carbonyl (C=O) groups is 1. The largest absolute Gasteiger partial charge is 0.493 e. The SMILES string of the molecule is COc1cccc(C=NNC(=O)c2ccccc2F)c1OC. The van der Waals surface area contributed by atoms with Crippen molar-refractivity contribution in [3.05, 3.63) is 59.4 Å². The highest BCUT2D eigenvalue weighted by atomic mass is 19.1. The van der Waals surface area contributed by atoms with Crippen LogP contribution in [-0.4, -0.2) is 26.3 Å². The summed E-state index contributed by atoms with van der Waals surface area (Å²) in [4.78, 5) is 11.8. The van der Waals surface area contributed by atoms with E-state index in [0.29, 0.717) is 17.1 Å². The lowest BCUT2D eigenvalue weighted by molar-refractivity contribution is 0.0951. The van der Waals surface area contributed by atoms with Gasteiger partial charge in [-0.3, -0.25) is 4.79 Å². The summed E-state index contributed by atoms with van der Waals surface area (Å²) < 4.78 is 23.9. The Bertz CT molecular complexity index is 702. The van der Waals surface area contributed by atoms with Gasteiger partial charge in [-0.05, 0) is 24.3 Å². The fourth-order valence-electron chi connectivity index (χ4n) is 1.88.